The van der Waals surface area contributed by atoms with Crippen molar-refractivity contribution >= 4 is 16.8 Å². The zero-order valence-electron chi connectivity index (χ0n) is 19.7. The monoisotopic (exact) mass is 446 g/mol. The van der Waals surface area contributed by atoms with Gasteiger partial charge in [-0.25, -0.2) is 0 Å². The minimum Gasteiger partial charge on any atom is -0.493 e. The van der Waals surface area contributed by atoms with Gasteiger partial charge >= 0.3 is 0 Å². The number of methoxy groups -OCH3 is 1. The quantitative estimate of drug-likeness (QED) is 0.584. The minimum absolute atomic E-state index is 0.118. The molecule has 2 aliphatic heterocycles. The van der Waals surface area contributed by atoms with Crippen LogP contribution >= 0.6 is 0 Å². The van der Waals surface area contributed by atoms with Gasteiger partial charge in [0.25, 0.3) is 11.5 Å². The number of amides is 1. The van der Waals surface area contributed by atoms with Crippen molar-refractivity contribution in [3.05, 3.63) is 69.5 Å². The van der Waals surface area contributed by atoms with E-state index in [2.05, 4.69) is 32.9 Å². The zero-order valence-corrected chi connectivity index (χ0v) is 19.7. The van der Waals surface area contributed by atoms with E-state index >= 15 is 0 Å². The molecule has 0 fully saturated rings. The summed E-state index contributed by atoms with van der Waals surface area (Å²) < 4.78 is 13.3. The third-order valence-electron chi connectivity index (χ3n) is 7.18. The molecule has 6 heteroatoms. The van der Waals surface area contributed by atoms with E-state index in [1.165, 1.54) is 5.56 Å². The number of aromatic nitrogens is 1. The summed E-state index contributed by atoms with van der Waals surface area (Å²) >= 11 is 0. The van der Waals surface area contributed by atoms with Gasteiger partial charge in [0.2, 0.25) is 0 Å². The molecule has 2 aromatic carbocycles. The molecule has 0 bridgehead atoms. The molecule has 1 amide bonds. The zero-order chi connectivity index (χ0) is 23.3. The van der Waals surface area contributed by atoms with E-state index < -0.39 is 5.54 Å². The number of pyridine rings is 1. The van der Waals surface area contributed by atoms with Gasteiger partial charge in [-0.15, -0.1) is 0 Å². The maximum Gasteiger partial charge on any atom is 0.264 e. The highest BCUT2D eigenvalue weighted by atomic mass is 16.5. The number of hydrogen-bond acceptors (Lipinski definition) is 4. The summed E-state index contributed by atoms with van der Waals surface area (Å²) in [6.07, 6.45) is 2.49. The largest absolute Gasteiger partial charge is 0.493 e. The van der Waals surface area contributed by atoms with Crippen molar-refractivity contribution in [2.45, 2.75) is 51.6 Å². The van der Waals surface area contributed by atoms with Crippen LogP contribution in [0.5, 0.6) is 11.5 Å². The van der Waals surface area contributed by atoms with Gasteiger partial charge in [-0.2, -0.15) is 0 Å². The Morgan fingerprint density at radius 2 is 2.00 bits per heavy atom. The van der Waals surface area contributed by atoms with E-state index in [0.717, 1.165) is 30.2 Å². The molecular formula is C27H30N2O4. The molecule has 0 saturated heterocycles. The Hall–Kier alpha value is -3.28. The van der Waals surface area contributed by atoms with Crippen molar-refractivity contribution in [2.75, 3.05) is 20.3 Å². The fraction of sp³-hybridized carbons (Fsp3) is 0.407. The summed E-state index contributed by atoms with van der Waals surface area (Å²) in [6.45, 7) is 7.17. The van der Waals surface area contributed by atoms with E-state index in [9.17, 15) is 9.59 Å². The molecule has 2 aliphatic rings. The number of carbonyl (C=O) groups excluding carboxylic acids is 1. The number of nitrogens with zero attached hydrogens (tertiary/aromatic N) is 2. The Bertz CT molecular complexity index is 1310. The number of rotatable bonds is 4. The van der Waals surface area contributed by atoms with Gasteiger partial charge in [-0.05, 0) is 56.0 Å². The van der Waals surface area contributed by atoms with E-state index in [-0.39, 0.29) is 23.1 Å². The summed E-state index contributed by atoms with van der Waals surface area (Å²) in [5.41, 5.74) is 2.56. The lowest BCUT2D eigenvalue weighted by Gasteiger charge is -2.44. The predicted octanol–water partition coefficient (Wildman–Crippen LogP) is 4.68. The molecule has 0 aliphatic carbocycles. The van der Waals surface area contributed by atoms with Gasteiger partial charge in [0, 0.05) is 11.9 Å². The molecular weight excluding hydrogens is 416 g/mol. The highest BCUT2D eigenvalue weighted by Crippen LogP contribution is 2.41. The number of hydrogen-bond donors (Lipinski definition) is 0. The van der Waals surface area contributed by atoms with Crippen LogP contribution in [-0.2, 0) is 12.0 Å². The number of benzene rings is 2. The third-order valence-corrected chi connectivity index (χ3v) is 7.18. The molecule has 1 unspecified atom stereocenters. The molecule has 172 valence electrons. The Balaban J connectivity index is 1.68. The van der Waals surface area contributed by atoms with E-state index in [4.69, 9.17) is 9.47 Å². The van der Waals surface area contributed by atoms with E-state index in [0.29, 0.717) is 30.2 Å². The second kappa shape index (κ2) is 7.94. The summed E-state index contributed by atoms with van der Waals surface area (Å²) in [6, 6.07) is 13.6. The smallest absolute Gasteiger partial charge is 0.264 e. The lowest BCUT2D eigenvalue weighted by atomic mass is 9.83. The van der Waals surface area contributed by atoms with Crippen LogP contribution in [0, 0.1) is 0 Å². The van der Waals surface area contributed by atoms with Gasteiger partial charge in [-0.3, -0.25) is 14.2 Å². The number of carbonyl (C=O) groups is 1. The molecule has 3 aromatic rings. The molecule has 3 heterocycles. The molecule has 6 nitrogen and oxygen atoms in total. The van der Waals surface area contributed by atoms with E-state index in [1.54, 1.807) is 17.7 Å². The lowest BCUT2D eigenvalue weighted by molar-refractivity contribution is 0.0510. The normalized spacial score (nSPS) is 18.5. The van der Waals surface area contributed by atoms with Crippen LogP contribution in [0.3, 0.4) is 0 Å². The molecule has 0 radical (unpaired) electrons. The van der Waals surface area contributed by atoms with Crippen molar-refractivity contribution in [3.63, 3.8) is 0 Å². The summed E-state index contributed by atoms with van der Waals surface area (Å²) in [4.78, 5) is 29.6. The van der Waals surface area contributed by atoms with Gasteiger partial charge in [0.05, 0.1) is 24.2 Å². The molecule has 0 saturated carbocycles. The second-order valence-corrected chi connectivity index (χ2v) is 9.44. The van der Waals surface area contributed by atoms with Crippen LogP contribution in [0.2, 0.25) is 0 Å². The summed E-state index contributed by atoms with van der Waals surface area (Å²) in [5, 5.41) is 0.810. The maximum atomic E-state index is 13.9. The standard InChI is InChI=1S/C27H30N2O4/c1-5-8-19-16-33-24-22(32-4)12-11-18-15-20(26(31)29(19)23(18)24)25(30)28-14-13-17-9-6-7-10-21(17)27(28,2)3/h6-7,9-12,15,19H,5,8,13-14,16H2,1-4H3. The first-order valence-electron chi connectivity index (χ1n) is 11.7. The molecule has 0 spiro atoms. The fourth-order valence-electron chi connectivity index (χ4n) is 5.48. The SMILES string of the molecule is CCCC1COc2c(OC)ccc3cc(C(=O)N4CCc5ccccc5C4(C)C)c(=O)n1c23. The maximum absolute atomic E-state index is 13.9. The molecule has 0 N–H and O–H groups in total. The van der Waals surface area contributed by atoms with Crippen molar-refractivity contribution in [2.24, 2.45) is 0 Å². The fourth-order valence-corrected chi connectivity index (χ4v) is 5.48. The van der Waals surface area contributed by atoms with E-state index in [1.807, 2.05) is 29.2 Å². The first kappa shape index (κ1) is 21.6. The Labute approximate surface area is 193 Å². The van der Waals surface area contributed by atoms with Crippen molar-refractivity contribution < 1.29 is 14.3 Å². The third kappa shape index (κ3) is 3.23. The number of ether oxygens (including phenoxy) is 2. The Morgan fingerprint density at radius 3 is 2.76 bits per heavy atom. The first-order chi connectivity index (χ1) is 15.9. The van der Waals surface area contributed by atoms with Gasteiger partial charge < -0.3 is 14.4 Å². The number of fused-ring (bicyclic) bond motifs is 1. The summed E-state index contributed by atoms with van der Waals surface area (Å²) in [5.74, 6) is 0.952. The van der Waals surface area contributed by atoms with Gasteiger partial charge in [0.1, 0.15) is 12.2 Å². The predicted molar refractivity (Wildman–Crippen MR) is 128 cm³/mol. The Morgan fingerprint density at radius 1 is 1.21 bits per heavy atom. The Kier molecular flexibility index (Phi) is 5.19. The van der Waals surface area contributed by atoms with Crippen LogP contribution in [0.15, 0.2) is 47.3 Å². The van der Waals surface area contributed by atoms with Crippen LogP contribution < -0.4 is 15.0 Å². The highest BCUT2D eigenvalue weighted by Gasteiger charge is 2.39. The molecule has 1 aromatic heterocycles. The van der Waals surface area contributed by atoms with Crippen LogP contribution in [0.1, 0.15) is 61.1 Å². The molecule has 33 heavy (non-hydrogen) atoms. The highest BCUT2D eigenvalue weighted by molar-refractivity contribution is 5.99. The average molecular weight is 447 g/mol. The van der Waals surface area contributed by atoms with Crippen molar-refractivity contribution in [1.29, 1.82) is 0 Å². The average Bonchev–Trinajstić information content (AvgIpc) is 2.81. The minimum atomic E-state index is -0.508. The van der Waals surface area contributed by atoms with Gasteiger partial charge in [-0.1, -0.05) is 37.6 Å². The van der Waals surface area contributed by atoms with Gasteiger partial charge in [0.15, 0.2) is 11.5 Å². The summed E-state index contributed by atoms with van der Waals surface area (Å²) in [7, 11) is 1.59. The van der Waals surface area contributed by atoms with Crippen LogP contribution in [0.25, 0.3) is 10.9 Å². The lowest BCUT2D eigenvalue weighted by Crippen LogP contribution is -2.51. The van der Waals surface area contributed by atoms with Crippen LogP contribution in [-0.4, -0.2) is 35.6 Å². The second-order valence-electron chi connectivity index (χ2n) is 9.44. The van der Waals surface area contributed by atoms with Crippen molar-refractivity contribution in [1.82, 2.24) is 9.47 Å². The van der Waals surface area contributed by atoms with Crippen molar-refractivity contribution in [3.8, 4) is 11.5 Å². The molecule has 5 rings (SSSR count). The van der Waals surface area contributed by atoms with Crippen LogP contribution in [0.4, 0.5) is 0 Å². The topological polar surface area (TPSA) is 60.8 Å². The first-order valence-corrected chi connectivity index (χ1v) is 11.7. The molecule has 1 atom stereocenters.